The SMILES string of the molecule is CCCCCCCCCCCCCCCCCCCCCCCCCCCCCCCCCCC(=O)N[C@@H](COP(=O)([O-])OCC[N+](C)(C)C)[C@H](O)CCCCCCCCCCCCCCCCCC. The van der Waals surface area contributed by atoms with Gasteiger partial charge in [0.2, 0.25) is 5.91 Å². The smallest absolute Gasteiger partial charge is 0.268 e. The highest BCUT2D eigenvalue weighted by Gasteiger charge is 2.24. The summed E-state index contributed by atoms with van der Waals surface area (Å²) in [4.78, 5) is 25.5. The Bertz CT molecular complexity index is 1100. The zero-order valence-corrected chi connectivity index (χ0v) is 48.9. The molecule has 0 saturated carbocycles. The summed E-state index contributed by atoms with van der Waals surface area (Å²) in [5.41, 5.74) is 0. The van der Waals surface area contributed by atoms with Gasteiger partial charge in [-0.05, 0) is 12.8 Å². The van der Waals surface area contributed by atoms with Crippen molar-refractivity contribution in [3.05, 3.63) is 0 Å². The number of quaternary nitrogens is 1. The molecule has 0 aliphatic heterocycles. The average molecular weight is 1010 g/mol. The van der Waals surface area contributed by atoms with Gasteiger partial charge >= 0.3 is 0 Å². The molecule has 2 N–H and O–H groups in total. The van der Waals surface area contributed by atoms with Crippen LogP contribution in [0.5, 0.6) is 0 Å². The van der Waals surface area contributed by atoms with Crippen LogP contribution in [0.2, 0.25) is 0 Å². The third-order valence-corrected chi connectivity index (χ3v) is 15.8. The minimum absolute atomic E-state index is 0.0166. The first-order valence-corrected chi connectivity index (χ1v) is 32.8. The van der Waals surface area contributed by atoms with E-state index in [2.05, 4.69) is 19.2 Å². The molecule has 0 aromatic carbocycles. The van der Waals surface area contributed by atoms with Crippen molar-refractivity contribution >= 4 is 13.7 Å². The predicted molar refractivity (Wildman–Crippen MR) is 303 cm³/mol. The molecule has 0 fully saturated rings. The van der Waals surface area contributed by atoms with Crippen LogP contribution in [0.25, 0.3) is 0 Å². The molecule has 420 valence electrons. The first kappa shape index (κ1) is 69.5. The lowest BCUT2D eigenvalue weighted by atomic mass is 10.0. The number of carbonyl (C=O) groups is 1. The van der Waals surface area contributed by atoms with Crippen molar-refractivity contribution in [2.24, 2.45) is 0 Å². The molecule has 0 radical (unpaired) electrons. The quantitative estimate of drug-likeness (QED) is 0.0357. The van der Waals surface area contributed by atoms with Gasteiger partial charge in [-0.25, -0.2) is 0 Å². The van der Waals surface area contributed by atoms with Crippen molar-refractivity contribution in [3.63, 3.8) is 0 Å². The van der Waals surface area contributed by atoms with Crippen LogP contribution in [-0.4, -0.2) is 68.5 Å². The minimum atomic E-state index is -4.57. The van der Waals surface area contributed by atoms with Crippen LogP contribution in [0.1, 0.15) is 335 Å². The van der Waals surface area contributed by atoms with E-state index in [1.165, 1.54) is 270 Å². The molecule has 0 bridgehead atoms. The highest BCUT2D eigenvalue weighted by Crippen LogP contribution is 2.38. The van der Waals surface area contributed by atoms with E-state index < -0.39 is 20.0 Å². The van der Waals surface area contributed by atoms with Gasteiger partial charge in [0.05, 0.1) is 39.9 Å². The Labute approximate surface area is 438 Å². The van der Waals surface area contributed by atoms with Crippen LogP contribution in [-0.2, 0) is 18.4 Å². The van der Waals surface area contributed by atoms with Crippen molar-refractivity contribution in [1.82, 2.24) is 5.32 Å². The minimum Gasteiger partial charge on any atom is -0.756 e. The fourth-order valence-corrected chi connectivity index (χ4v) is 10.7. The number of carbonyl (C=O) groups excluding carboxylic acids is 1. The fourth-order valence-electron chi connectivity index (χ4n) is 9.93. The van der Waals surface area contributed by atoms with Crippen molar-refractivity contribution < 1.29 is 32.9 Å². The highest BCUT2D eigenvalue weighted by atomic mass is 31.2. The van der Waals surface area contributed by atoms with Gasteiger partial charge in [0.15, 0.2) is 0 Å². The Hall–Kier alpha value is -0.500. The zero-order valence-electron chi connectivity index (χ0n) is 48.0. The topological polar surface area (TPSA) is 108 Å². The lowest BCUT2D eigenvalue weighted by molar-refractivity contribution is -0.870. The van der Waals surface area contributed by atoms with E-state index in [0.29, 0.717) is 23.9 Å². The van der Waals surface area contributed by atoms with Gasteiger partial charge in [-0.2, -0.15) is 0 Å². The summed E-state index contributed by atoms with van der Waals surface area (Å²) in [5.74, 6) is -0.156. The first-order valence-electron chi connectivity index (χ1n) is 31.4. The molecular formula is C61H125N2O6P. The fraction of sp³-hybridized carbons (Fsp3) is 0.984. The third-order valence-electron chi connectivity index (χ3n) is 14.8. The van der Waals surface area contributed by atoms with Crippen molar-refractivity contribution in [1.29, 1.82) is 0 Å². The number of unbranched alkanes of at least 4 members (excludes halogenated alkanes) is 46. The van der Waals surface area contributed by atoms with E-state index in [1.807, 2.05) is 21.1 Å². The Balaban J connectivity index is 3.95. The summed E-state index contributed by atoms with van der Waals surface area (Å²) in [7, 11) is 1.33. The molecule has 0 aliphatic carbocycles. The lowest BCUT2D eigenvalue weighted by Crippen LogP contribution is -2.46. The number of hydrogen-bond acceptors (Lipinski definition) is 6. The summed E-state index contributed by atoms with van der Waals surface area (Å²) in [5, 5.41) is 14.0. The maximum atomic E-state index is 13.0. The van der Waals surface area contributed by atoms with Gasteiger partial charge in [0, 0.05) is 6.42 Å². The summed E-state index contributed by atoms with van der Waals surface area (Å²) in [6, 6.07) is -0.795. The molecule has 0 saturated heterocycles. The Morgan fingerprint density at radius 1 is 0.443 bits per heavy atom. The van der Waals surface area contributed by atoms with Gasteiger partial charge in [0.1, 0.15) is 13.2 Å². The normalized spacial score (nSPS) is 13.8. The monoisotopic (exact) mass is 1010 g/mol. The average Bonchev–Trinajstić information content (AvgIpc) is 3.32. The van der Waals surface area contributed by atoms with E-state index in [4.69, 9.17) is 9.05 Å². The van der Waals surface area contributed by atoms with Crippen LogP contribution < -0.4 is 10.2 Å². The number of rotatable bonds is 59. The molecule has 0 aromatic rings. The zero-order chi connectivity index (χ0) is 51.3. The number of aliphatic hydroxyl groups is 1. The van der Waals surface area contributed by atoms with Crippen LogP contribution in [0.3, 0.4) is 0 Å². The lowest BCUT2D eigenvalue weighted by Gasteiger charge is -2.30. The molecule has 0 heterocycles. The molecule has 0 aliphatic rings. The van der Waals surface area contributed by atoms with Crippen molar-refractivity contribution in [3.8, 4) is 0 Å². The van der Waals surface area contributed by atoms with E-state index in [-0.39, 0.29) is 19.1 Å². The second-order valence-electron chi connectivity index (χ2n) is 23.1. The summed E-state index contributed by atoms with van der Waals surface area (Å²) in [6.07, 6.45) is 64.5. The van der Waals surface area contributed by atoms with E-state index in [0.717, 1.165) is 38.5 Å². The van der Waals surface area contributed by atoms with Gasteiger partial charge in [-0.3, -0.25) is 9.36 Å². The Morgan fingerprint density at radius 3 is 0.971 bits per heavy atom. The van der Waals surface area contributed by atoms with Crippen molar-refractivity contribution in [2.75, 3.05) is 40.9 Å². The Morgan fingerprint density at radius 2 is 0.700 bits per heavy atom. The molecule has 70 heavy (non-hydrogen) atoms. The highest BCUT2D eigenvalue weighted by molar-refractivity contribution is 7.45. The molecule has 0 rings (SSSR count). The number of phosphoric acid groups is 1. The maximum Gasteiger partial charge on any atom is 0.268 e. The van der Waals surface area contributed by atoms with Crippen LogP contribution >= 0.6 is 7.82 Å². The van der Waals surface area contributed by atoms with Crippen LogP contribution in [0.4, 0.5) is 0 Å². The third kappa shape index (κ3) is 55.3. The van der Waals surface area contributed by atoms with E-state index >= 15 is 0 Å². The Kier molecular flexibility index (Phi) is 52.9. The molecule has 3 atom stereocenters. The van der Waals surface area contributed by atoms with E-state index in [9.17, 15) is 19.4 Å². The largest absolute Gasteiger partial charge is 0.756 e. The number of amides is 1. The predicted octanol–water partition coefficient (Wildman–Crippen LogP) is 18.6. The molecule has 1 unspecified atom stereocenters. The van der Waals surface area contributed by atoms with Crippen molar-refractivity contribution in [2.45, 2.75) is 347 Å². The number of hydrogen-bond donors (Lipinski definition) is 2. The second kappa shape index (κ2) is 53.3. The maximum absolute atomic E-state index is 13.0. The van der Waals surface area contributed by atoms with Crippen LogP contribution in [0.15, 0.2) is 0 Å². The first-order chi connectivity index (χ1) is 34.0. The van der Waals surface area contributed by atoms with Gasteiger partial charge < -0.3 is 28.8 Å². The number of aliphatic hydroxyl groups excluding tert-OH is 1. The van der Waals surface area contributed by atoms with Gasteiger partial charge in [-0.15, -0.1) is 0 Å². The molecular weight excluding hydrogens is 888 g/mol. The second-order valence-corrected chi connectivity index (χ2v) is 24.5. The number of nitrogens with one attached hydrogen (secondary N) is 1. The standard InChI is InChI=1S/C61H125N2O6P/c1-6-8-10-12-14-16-18-20-22-24-25-26-27-28-29-30-31-32-33-34-35-36-37-38-39-41-43-45-47-49-51-53-55-61(65)62-59(58-69-70(66,67)68-57-56-63(3,4)5)60(64)54-52-50-48-46-44-42-40-23-21-19-17-15-13-11-9-7-2/h59-60,64H,6-58H2,1-5H3,(H-,62,65,66,67)/t59-,60+/m0/s1. The molecule has 0 spiro atoms. The molecule has 0 aromatic heterocycles. The number of nitrogens with zero attached hydrogens (tertiary/aromatic N) is 1. The molecule has 8 nitrogen and oxygen atoms in total. The summed E-state index contributed by atoms with van der Waals surface area (Å²) >= 11 is 0. The summed E-state index contributed by atoms with van der Waals surface area (Å²) < 4.78 is 23.4. The van der Waals surface area contributed by atoms with Gasteiger partial charge in [0.25, 0.3) is 7.82 Å². The van der Waals surface area contributed by atoms with Crippen LogP contribution in [0, 0.1) is 0 Å². The van der Waals surface area contributed by atoms with E-state index in [1.54, 1.807) is 0 Å². The summed E-state index contributed by atoms with van der Waals surface area (Å²) in [6.45, 7) is 4.78. The molecule has 9 heteroatoms. The van der Waals surface area contributed by atoms with Gasteiger partial charge in [-0.1, -0.05) is 316 Å². The molecule has 1 amide bonds. The number of likely N-dealkylation sites (N-methyl/N-ethyl adjacent to an activating group) is 1. The number of phosphoric ester groups is 1.